The first-order valence-electron chi connectivity index (χ1n) is 8.10. The number of hydrogen-bond acceptors (Lipinski definition) is 3. The smallest absolute Gasteiger partial charge is 0.0640 e. The second kappa shape index (κ2) is 9.41. The Morgan fingerprint density at radius 2 is 1.86 bits per heavy atom. The summed E-state index contributed by atoms with van der Waals surface area (Å²) in [7, 11) is 0. The van der Waals surface area contributed by atoms with Crippen molar-refractivity contribution in [2.45, 2.75) is 59.0 Å². The largest absolute Gasteiger partial charge is 0.368 e. The van der Waals surface area contributed by atoms with Gasteiger partial charge in [-0.1, -0.05) is 26.0 Å². The fourth-order valence-corrected chi connectivity index (χ4v) is 2.57. The average Bonchev–Trinajstić information content (AvgIpc) is 2.49. The highest BCUT2D eigenvalue weighted by molar-refractivity contribution is 5.49. The lowest BCUT2D eigenvalue weighted by atomic mass is 10.0. The van der Waals surface area contributed by atoms with Gasteiger partial charge in [-0.25, -0.2) is 0 Å². The lowest BCUT2D eigenvalue weighted by Crippen LogP contribution is -2.31. The van der Waals surface area contributed by atoms with Crippen LogP contribution in [0.2, 0.25) is 0 Å². The van der Waals surface area contributed by atoms with Crippen LogP contribution in [0.3, 0.4) is 0 Å². The molecule has 3 heteroatoms. The first kappa shape index (κ1) is 17.5. The molecule has 0 aliphatic rings. The fraction of sp³-hybridized carbons (Fsp3) is 0.611. The van der Waals surface area contributed by atoms with E-state index >= 15 is 0 Å². The lowest BCUT2D eigenvalue weighted by molar-refractivity contribution is 0.518. The molecule has 0 radical (unpaired) electrons. The average molecular weight is 287 g/mol. The van der Waals surface area contributed by atoms with Gasteiger partial charge in [-0.2, -0.15) is 5.26 Å². The third-order valence-corrected chi connectivity index (χ3v) is 3.76. The van der Waals surface area contributed by atoms with Gasteiger partial charge >= 0.3 is 0 Å². The standard InChI is InChI=1S/C18H29N3/c1-5-13-20-18(6-2)16-8-10-17(11-9-16)21(15(3)4)14-7-12-19/h8-11,15,18,20H,5-7,13-14H2,1-4H3. The first-order valence-corrected chi connectivity index (χ1v) is 8.10. The van der Waals surface area contributed by atoms with E-state index in [0.717, 1.165) is 25.9 Å². The van der Waals surface area contributed by atoms with Crippen LogP contribution < -0.4 is 10.2 Å². The van der Waals surface area contributed by atoms with Gasteiger partial charge in [0.1, 0.15) is 0 Å². The number of nitriles is 1. The van der Waals surface area contributed by atoms with E-state index in [1.54, 1.807) is 0 Å². The molecule has 0 saturated heterocycles. The molecule has 0 spiro atoms. The zero-order chi connectivity index (χ0) is 15.7. The first-order chi connectivity index (χ1) is 10.1. The number of hydrogen-bond donors (Lipinski definition) is 1. The summed E-state index contributed by atoms with van der Waals surface area (Å²) in [6, 6.07) is 11.9. The highest BCUT2D eigenvalue weighted by Gasteiger charge is 2.12. The minimum atomic E-state index is 0.407. The molecule has 3 nitrogen and oxygen atoms in total. The molecule has 0 amide bonds. The predicted octanol–water partition coefficient (Wildman–Crippen LogP) is 4.27. The Bertz CT molecular complexity index is 431. The SMILES string of the molecule is CCCNC(CC)c1ccc(N(CCC#N)C(C)C)cc1. The Morgan fingerprint density at radius 1 is 1.19 bits per heavy atom. The molecule has 0 aliphatic heterocycles. The van der Waals surface area contributed by atoms with Crippen LogP contribution in [0.5, 0.6) is 0 Å². The summed E-state index contributed by atoms with van der Waals surface area (Å²) < 4.78 is 0. The Labute approximate surface area is 130 Å². The number of benzene rings is 1. The molecule has 0 aliphatic carbocycles. The number of nitrogens with zero attached hydrogens (tertiary/aromatic N) is 2. The van der Waals surface area contributed by atoms with Crippen molar-refractivity contribution >= 4 is 5.69 Å². The van der Waals surface area contributed by atoms with Crippen LogP contribution in [-0.4, -0.2) is 19.1 Å². The van der Waals surface area contributed by atoms with Gasteiger partial charge < -0.3 is 10.2 Å². The molecule has 0 bridgehead atoms. The van der Waals surface area contributed by atoms with Gasteiger partial charge in [-0.05, 0) is 50.9 Å². The Morgan fingerprint density at radius 3 is 2.33 bits per heavy atom. The number of anilines is 1. The zero-order valence-electron chi connectivity index (χ0n) is 13.9. The highest BCUT2D eigenvalue weighted by Crippen LogP contribution is 2.22. The lowest BCUT2D eigenvalue weighted by Gasteiger charge is -2.28. The van der Waals surface area contributed by atoms with Crippen LogP contribution in [0, 0.1) is 11.3 Å². The number of nitrogens with one attached hydrogen (secondary N) is 1. The molecular weight excluding hydrogens is 258 g/mol. The monoisotopic (exact) mass is 287 g/mol. The molecule has 0 heterocycles. The minimum Gasteiger partial charge on any atom is -0.368 e. The summed E-state index contributed by atoms with van der Waals surface area (Å²) in [6.45, 7) is 10.6. The molecule has 0 fully saturated rings. The van der Waals surface area contributed by atoms with Crippen molar-refractivity contribution < 1.29 is 0 Å². The third kappa shape index (κ3) is 5.40. The van der Waals surface area contributed by atoms with E-state index in [2.05, 4.69) is 68.2 Å². The van der Waals surface area contributed by atoms with E-state index in [-0.39, 0.29) is 0 Å². The van der Waals surface area contributed by atoms with E-state index in [1.165, 1.54) is 11.3 Å². The summed E-state index contributed by atoms with van der Waals surface area (Å²) >= 11 is 0. The minimum absolute atomic E-state index is 0.407. The van der Waals surface area contributed by atoms with E-state index in [1.807, 2.05) is 0 Å². The molecule has 1 unspecified atom stereocenters. The molecular formula is C18H29N3. The van der Waals surface area contributed by atoms with Gasteiger partial charge in [0.05, 0.1) is 12.5 Å². The maximum absolute atomic E-state index is 8.79. The topological polar surface area (TPSA) is 39.1 Å². The van der Waals surface area contributed by atoms with Crippen LogP contribution >= 0.6 is 0 Å². The maximum atomic E-state index is 8.79. The van der Waals surface area contributed by atoms with Gasteiger partial charge in [0.2, 0.25) is 0 Å². The van der Waals surface area contributed by atoms with Crippen molar-refractivity contribution in [3.8, 4) is 6.07 Å². The van der Waals surface area contributed by atoms with Crippen molar-refractivity contribution in [1.29, 1.82) is 5.26 Å². The van der Waals surface area contributed by atoms with Gasteiger partial charge in [0.25, 0.3) is 0 Å². The van der Waals surface area contributed by atoms with Gasteiger partial charge in [0, 0.05) is 24.3 Å². The van der Waals surface area contributed by atoms with Crippen molar-refractivity contribution in [1.82, 2.24) is 5.32 Å². The molecule has 1 rings (SSSR count). The van der Waals surface area contributed by atoms with Crippen LogP contribution in [0.15, 0.2) is 24.3 Å². The maximum Gasteiger partial charge on any atom is 0.0640 e. The second-order valence-electron chi connectivity index (χ2n) is 5.70. The molecule has 0 saturated carbocycles. The Hall–Kier alpha value is -1.53. The second-order valence-corrected chi connectivity index (χ2v) is 5.70. The van der Waals surface area contributed by atoms with Gasteiger partial charge in [-0.15, -0.1) is 0 Å². The van der Waals surface area contributed by atoms with Crippen molar-refractivity contribution in [2.24, 2.45) is 0 Å². The highest BCUT2D eigenvalue weighted by atomic mass is 15.1. The van der Waals surface area contributed by atoms with Crippen LogP contribution in [-0.2, 0) is 0 Å². The molecule has 0 aromatic heterocycles. The summed E-state index contributed by atoms with van der Waals surface area (Å²) in [5.41, 5.74) is 2.55. The molecule has 1 N–H and O–H groups in total. The van der Waals surface area contributed by atoms with E-state index in [9.17, 15) is 0 Å². The van der Waals surface area contributed by atoms with Crippen LogP contribution in [0.25, 0.3) is 0 Å². The molecule has 1 aromatic carbocycles. The predicted molar refractivity (Wildman–Crippen MR) is 90.5 cm³/mol. The summed E-state index contributed by atoms with van der Waals surface area (Å²) in [4.78, 5) is 2.29. The van der Waals surface area contributed by atoms with E-state index < -0.39 is 0 Å². The number of rotatable bonds is 9. The molecule has 1 atom stereocenters. The van der Waals surface area contributed by atoms with Crippen LogP contribution in [0.4, 0.5) is 5.69 Å². The summed E-state index contributed by atoms with van der Waals surface area (Å²) in [5, 5.41) is 12.4. The zero-order valence-corrected chi connectivity index (χ0v) is 13.9. The van der Waals surface area contributed by atoms with E-state index in [4.69, 9.17) is 5.26 Å². The van der Waals surface area contributed by atoms with Gasteiger partial charge in [-0.3, -0.25) is 0 Å². The molecule has 116 valence electrons. The normalized spacial score (nSPS) is 12.2. The van der Waals surface area contributed by atoms with Gasteiger partial charge in [0.15, 0.2) is 0 Å². The van der Waals surface area contributed by atoms with Crippen molar-refractivity contribution in [3.05, 3.63) is 29.8 Å². The van der Waals surface area contributed by atoms with Crippen molar-refractivity contribution in [2.75, 3.05) is 18.0 Å². The Balaban J connectivity index is 2.81. The third-order valence-electron chi connectivity index (χ3n) is 3.76. The summed E-state index contributed by atoms with van der Waals surface area (Å²) in [5.74, 6) is 0. The van der Waals surface area contributed by atoms with Crippen LogP contribution in [0.1, 0.15) is 58.6 Å². The Kier molecular flexibility index (Phi) is 7.85. The fourth-order valence-electron chi connectivity index (χ4n) is 2.57. The quantitative estimate of drug-likeness (QED) is 0.737. The molecule has 21 heavy (non-hydrogen) atoms. The summed E-state index contributed by atoms with van der Waals surface area (Å²) in [6.07, 6.45) is 2.82. The molecule has 1 aromatic rings. The van der Waals surface area contributed by atoms with Crippen molar-refractivity contribution in [3.63, 3.8) is 0 Å². The van der Waals surface area contributed by atoms with E-state index in [0.29, 0.717) is 18.5 Å².